The predicted molar refractivity (Wildman–Crippen MR) is 120 cm³/mol. The van der Waals surface area contributed by atoms with Crippen molar-refractivity contribution in [3.05, 3.63) is 66.0 Å². The maximum Gasteiger partial charge on any atom is 0.238 e. The molecule has 1 aromatic carbocycles. The minimum absolute atomic E-state index is 0.189. The number of amidine groups is 1. The fraction of sp³-hybridized carbons (Fsp3) is 0.261. The van der Waals surface area contributed by atoms with Crippen molar-refractivity contribution in [1.29, 1.82) is 0 Å². The fourth-order valence-electron chi connectivity index (χ4n) is 4.01. The van der Waals surface area contributed by atoms with Crippen LogP contribution < -0.4 is 15.0 Å². The van der Waals surface area contributed by atoms with E-state index in [4.69, 9.17) is 19.3 Å². The van der Waals surface area contributed by atoms with E-state index in [1.54, 1.807) is 20.4 Å². The Balaban J connectivity index is 1.54. The molecule has 0 aliphatic carbocycles. The molecule has 4 heterocycles. The molecule has 9 nitrogen and oxygen atoms in total. The second-order valence-corrected chi connectivity index (χ2v) is 7.55. The van der Waals surface area contributed by atoms with Crippen LogP contribution in [0.15, 0.2) is 53.9 Å². The monoisotopic (exact) mass is 432 g/mol. The van der Waals surface area contributed by atoms with Crippen LogP contribution in [0.25, 0.3) is 16.6 Å². The summed E-state index contributed by atoms with van der Waals surface area (Å²) in [5, 5.41) is 1.09. The Hall–Kier alpha value is -3.85. The van der Waals surface area contributed by atoms with Gasteiger partial charge in [0.1, 0.15) is 35.6 Å². The largest absolute Gasteiger partial charge is 0.497 e. The molecule has 5 rings (SSSR count). The molecule has 1 atom stereocenters. The molecule has 3 aromatic heterocycles. The molecule has 32 heavy (non-hydrogen) atoms. The third-order valence-electron chi connectivity index (χ3n) is 5.64. The van der Waals surface area contributed by atoms with Gasteiger partial charge < -0.3 is 14.0 Å². The van der Waals surface area contributed by atoms with Gasteiger partial charge in [0.2, 0.25) is 5.88 Å². The molecule has 0 spiro atoms. The van der Waals surface area contributed by atoms with Gasteiger partial charge in [-0.05, 0) is 37.3 Å². The first-order valence-corrected chi connectivity index (χ1v) is 10.2. The number of hydrogen-bond donors (Lipinski definition) is 1. The van der Waals surface area contributed by atoms with Crippen molar-refractivity contribution in [2.75, 3.05) is 20.8 Å². The van der Waals surface area contributed by atoms with E-state index in [0.717, 1.165) is 33.7 Å². The number of benzene rings is 1. The summed E-state index contributed by atoms with van der Waals surface area (Å²) in [4.78, 5) is 19.6. The van der Waals surface area contributed by atoms with Gasteiger partial charge in [-0.1, -0.05) is 0 Å². The van der Waals surface area contributed by atoms with Gasteiger partial charge in [-0.25, -0.2) is 15.4 Å². The molecule has 1 aliphatic rings. The lowest BCUT2D eigenvalue weighted by atomic mass is 10.1. The second kappa shape index (κ2) is 8.01. The minimum atomic E-state index is -0.189. The third-order valence-corrected chi connectivity index (χ3v) is 5.64. The smallest absolute Gasteiger partial charge is 0.238 e. The number of hydroxylamine groups is 1. The molecule has 0 fully saturated rings. The van der Waals surface area contributed by atoms with Crippen molar-refractivity contribution in [2.24, 2.45) is 12.0 Å². The molecule has 164 valence electrons. The van der Waals surface area contributed by atoms with Crippen LogP contribution in [0.2, 0.25) is 0 Å². The number of rotatable bonds is 5. The van der Waals surface area contributed by atoms with Gasteiger partial charge in [0.15, 0.2) is 5.84 Å². The van der Waals surface area contributed by atoms with Crippen LogP contribution in [-0.4, -0.2) is 45.8 Å². The van der Waals surface area contributed by atoms with Gasteiger partial charge in [0.05, 0.1) is 14.2 Å². The van der Waals surface area contributed by atoms with Gasteiger partial charge in [-0.3, -0.25) is 14.4 Å². The number of aromatic nitrogens is 4. The minimum Gasteiger partial charge on any atom is -0.497 e. The van der Waals surface area contributed by atoms with Gasteiger partial charge >= 0.3 is 0 Å². The van der Waals surface area contributed by atoms with E-state index in [2.05, 4.69) is 26.2 Å². The van der Waals surface area contributed by atoms with Gasteiger partial charge in [0, 0.05) is 42.1 Å². The number of methoxy groups -OCH3 is 2. The summed E-state index contributed by atoms with van der Waals surface area (Å²) >= 11 is 0. The maximum absolute atomic E-state index is 5.70. The molecule has 1 N–H and O–H groups in total. The first kappa shape index (κ1) is 20.1. The number of imidazole rings is 1. The van der Waals surface area contributed by atoms with Crippen molar-refractivity contribution in [3.8, 4) is 17.3 Å². The van der Waals surface area contributed by atoms with E-state index >= 15 is 0 Å². The maximum atomic E-state index is 5.70. The zero-order valence-corrected chi connectivity index (χ0v) is 18.4. The van der Waals surface area contributed by atoms with E-state index in [0.29, 0.717) is 24.0 Å². The van der Waals surface area contributed by atoms with Crippen LogP contribution in [0.3, 0.4) is 0 Å². The highest BCUT2D eigenvalue weighted by Crippen LogP contribution is 2.32. The average molecular weight is 432 g/mol. The van der Waals surface area contributed by atoms with Crippen LogP contribution in [-0.2, 0) is 11.9 Å². The SMILES string of the molecule is COc1ccc2c(c1)c(C1CONC(c3ccc(-n4ccnc4C)c(OC)n3)=N1)cn2C. The molecular weight excluding hydrogens is 408 g/mol. The zero-order valence-electron chi connectivity index (χ0n) is 18.4. The summed E-state index contributed by atoms with van der Waals surface area (Å²) in [6.45, 7) is 2.33. The topological polar surface area (TPSA) is 87.7 Å². The molecule has 0 saturated carbocycles. The third kappa shape index (κ3) is 3.36. The van der Waals surface area contributed by atoms with Crippen molar-refractivity contribution in [1.82, 2.24) is 24.6 Å². The van der Waals surface area contributed by atoms with Gasteiger partial charge in [0.25, 0.3) is 0 Å². The first-order chi connectivity index (χ1) is 15.6. The lowest BCUT2D eigenvalue weighted by Gasteiger charge is -2.22. The quantitative estimate of drug-likeness (QED) is 0.521. The van der Waals surface area contributed by atoms with Crippen LogP contribution in [0.4, 0.5) is 0 Å². The Kier molecular flexibility index (Phi) is 5.02. The molecule has 0 radical (unpaired) electrons. The highest BCUT2D eigenvalue weighted by molar-refractivity contribution is 5.97. The van der Waals surface area contributed by atoms with Crippen LogP contribution in [0.1, 0.15) is 23.1 Å². The predicted octanol–water partition coefficient (Wildman–Crippen LogP) is 3.11. The van der Waals surface area contributed by atoms with Crippen LogP contribution >= 0.6 is 0 Å². The molecule has 9 heteroatoms. The molecule has 0 saturated heterocycles. The zero-order chi connectivity index (χ0) is 22.2. The molecule has 1 aliphatic heterocycles. The van der Waals surface area contributed by atoms with Crippen molar-refractivity contribution >= 4 is 16.7 Å². The Morgan fingerprint density at radius 2 is 2.03 bits per heavy atom. The van der Waals surface area contributed by atoms with E-state index < -0.39 is 0 Å². The van der Waals surface area contributed by atoms with Gasteiger partial charge in [-0.2, -0.15) is 0 Å². The van der Waals surface area contributed by atoms with Gasteiger partial charge in [-0.15, -0.1) is 0 Å². The summed E-state index contributed by atoms with van der Waals surface area (Å²) in [6.07, 6.45) is 5.70. The molecular formula is C23H24N6O3. The van der Waals surface area contributed by atoms with Crippen molar-refractivity contribution in [2.45, 2.75) is 13.0 Å². The molecule has 4 aromatic rings. The number of aliphatic imine (C=N–C) groups is 1. The Labute approximate surface area is 185 Å². The number of nitrogens with zero attached hydrogens (tertiary/aromatic N) is 5. The standard InChI is InChI=1S/C23H24N6O3/c1-14-24-9-10-29(14)21-8-6-18(26-23(21)31-4)22-25-19(13-32-27-22)17-12-28(2)20-7-5-15(30-3)11-16(17)20/h5-12,19H,13H2,1-4H3,(H,25,27). The highest BCUT2D eigenvalue weighted by atomic mass is 16.6. The number of pyridine rings is 1. The number of hydrogen-bond acceptors (Lipinski definition) is 7. The number of fused-ring (bicyclic) bond motifs is 1. The lowest BCUT2D eigenvalue weighted by molar-refractivity contribution is 0.0623. The van der Waals surface area contributed by atoms with E-state index in [1.165, 1.54) is 0 Å². The number of aryl methyl sites for hydroxylation is 2. The normalized spacial score (nSPS) is 16.0. The Bertz CT molecular complexity index is 1320. The Morgan fingerprint density at radius 1 is 1.16 bits per heavy atom. The highest BCUT2D eigenvalue weighted by Gasteiger charge is 2.24. The Morgan fingerprint density at radius 3 is 2.78 bits per heavy atom. The van der Waals surface area contributed by atoms with Crippen LogP contribution in [0.5, 0.6) is 11.6 Å². The summed E-state index contributed by atoms with van der Waals surface area (Å²) in [5.41, 5.74) is 6.52. The molecule has 1 unspecified atom stereocenters. The second-order valence-electron chi connectivity index (χ2n) is 7.55. The average Bonchev–Trinajstić information content (AvgIpc) is 3.41. The number of ether oxygens (including phenoxy) is 2. The summed E-state index contributed by atoms with van der Waals surface area (Å²) in [6, 6.07) is 9.68. The fourth-order valence-corrected chi connectivity index (χ4v) is 4.01. The summed E-state index contributed by atoms with van der Waals surface area (Å²) in [7, 11) is 5.29. The van der Waals surface area contributed by atoms with Crippen molar-refractivity contribution < 1.29 is 14.3 Å². The molecule has 0 amide bonds. The molecule has 0 bridgehead atoms. The summed E-state index contributed by atoms with van der Waals surface area (Å²) in [5.74, 6) is 2.68. The lowest BCUT2D eigenvalue weighted by Crippen LogP contribution is -2.33. The first-order valence-electron chi connectivity index (χ1n) is 10.2. The van der Waals surface area contributed by atoms with E-state index in [9.17, 15) is 0 Å². The van der Waals surface area contributed by atoms with E-state index in [1.807, 2.05) is 55.1 Å². The van der Waals surface area contributed by atoms with Crippen LogP contribution in [0, 0.1) is 6.92 Å². The summed E-state index contributed by atoms with van der Waals surface area (Å²) < 4.78 is 15.0. The number of nitrogens with one attached hydrogen (secondary N) is 1. The van der Waals surface area contributed by atoms with E-state index in [-0.39, 0.29) is 6.04 Å². The van der Waals surface area contributed by atoms with Crippen molar-refractivity contribution in [3.63, 3.8) is 0 Å².